The molecule has 30 heavy (non-hydrogen) atoms. The van der Waals surface area contributed by atoms with Crippen LogP contribution in [0, 0.1) is 17.6 Å². The average Bonchev–Trinajstić information content (AvgIpc) is 3.30. The van der Waals surface area contributed by atoms with E-state index in [-0.39, 0.29) is 17.9 Å². The summed E-state index contributed by atoms with van der Waals surface area (Å²) in [5.41, 5.74) is 0.701. The van der Waals surface area contributed by atoms with Gasteiger partial charge in [-0.3, -0.25) is 14.7 Å². The predicted molar refractivity (Wildman–Crippen MR) is 111 cm³/mol. The molecule has 3 heterocycles. The number of thiazole rings is 1. The lowest BCUT2D eigenvalue weighted by molar-refractivity contribution is 0.0872. The Morgan fingerprint density at radius 3 is 2.87 bits per heavy atom. The Bertz CT molecular complexity index is 984. The summed E-state index contributed by atoms with van der Waals surface area (Å²) >= 11 is 1.50. The average molecular weight is 429 g/mol. The maximum atomic E-state index is 14.1. The van der Waals surface area contributed by atoms with Crippen molar-refractivity contribution in [3.63, 3.8) is 0 Å². The molecule has 1 amide bonds. The van der Waals surface area contributed by atoms with Crippen molar-refractivity contribution in [2.24, 2.45) is 5.92 Å². The van der Waals surface area contributed by atoms with E-state index >= 15 is 0 Å². The largest absolute Gasteiger partial charge is 0.341 e. The summed E-state index contributed by atoms with van der Waals surface area (Å²) in [6.07, 6.45) is 5.13. The Morgan fingerprint density at radius 2 is 2.10 bits per heavy atom. The minimum atomic E-state index is -0.829. The van der Waals surface area contributed by atoms with Crippen LogP contribution in [-0.2, 0) is 6.54 Å². The quantitative estimate of drug-likeness (QED) is 0.639. The van der Waals surface area contributed by atoms with Gasteiger partial charge in [-0.05, 0) is 43.5 Å². The predicted octanol–water partition coefficient (Wildman–Crippen LogP) is 4.20. The van der Waals surface area contributed by atoms with Crippen LogP contribution in [0.25, 0.3) is 0 Å². The van der Waals surface area contributed by atoms with E-state index in [4.69, 9.17) is 0 Å². The molecule has 3 aromatic rings. The monoisotopic (exact) mass is 428 g/mol. The minimum Gasteiger partial charge on any atom is -0.341 e. The summed E-state index contributed by atoms with van der Waals surface area (Å²) in [5.74, 6) is -1.76. The highest BCUT2D eigenvalue weighted by Gasteiger charge is 2.32. The summed E-state index contributed by atoms with van der Waals surface area (Å²) < 4.78 is 27.7. The van der Waals surface area contributed by atoms with E-state index in [1.807, 2.05) is 5.38 Å². The van der Waals surface area contributed by atoms with Crippen molar-refractivity contribution in [3.05, 3.63) is 82.1 Å². The number of hydrogen-bond donors (Lipinski definition) is 1. The van der Waals surface area contributed by atoms with Crippen molar-refractivity contribution in [2.45, 2.75) is 25.4 Å². The van der Waals surface area contributed by atoms with Gasteiger partial charge in [0.15, 0.2) is 11.6 Å². The van der Waals surface area contributed by atoms with Gasteiger partial charge in [-0.15, -0.1) is 11.3 Å². The second kappa shape index (κ2) is 9.40. The van der Waals surface area contributed by atoms with Gasteiger partial charge in [0.25, 0.3) is 5.91 Å². The smallest absolute Gasteiger partial charge is 0.270 e. The molecule has 1 N–H and O–H groups in total. The highest BCUT2D eigenvalue weighted by Crippen LogP contribution is 2.32. The fourth-order valence-corrected chi connectivity index (χ4v) is 4.68. The number of halogens is 2. The number of rotatable bonds is 6. The normalized spacial score (nSPS) is 18.1. The zero-order valence-electron chi connectivity index (χ0n) is 16.3. The lowest BCUT2D eigenvalue weighted by Crippen LogP contribution is -2.43. The lowest BCUT2D eigenvalue weighted by Gasteiger charge is -2.36. The van der Waals surface area contributed by atoms with Gasteiger partial charge in [-0.2, -0.15) is 0 Å². The summed E-state index contributed by atoms with van der Waals surface area (Å²) in [5, 5.41) is 5.82. The molecule has 2 atom stereocenters. The van der Waals surface area contributed by atoms with Crippen molar-refractivity contribution < 1.29 is 13.6 Å². The number of piperidine rings is 1. The summed E-state index contributed by atoms with van der Waals surface area (Å²) in [7, 11) is 0. The molecule has 1 fully saturated rings. The molecule has 0 spiro atoms. The van der Waals surface area contributed by atoms with E-state index in [0.29, 0.717) is 24.3 Å². The molecule has 8 heteroatoms. The maximum absolute atomic E-state index is 14.1. The van der Waals surface area contributed by atoms with Crippen LogP contribution in [0.1, 0.15) is 39.9 Å². The molecule has 1 aliphatic rings. The van der Waals surface area contributed by atoms with Crippen molar-refractivity contribution >= 4 is 17.2 Å². The minimum absolute atomic E-state index is 0.106. The van der Waals surface area contributed by atoms with Gasteiger partial charge in [0, 0.05) is 36.4 Å². The van der Waals surface area contributed by atoms with Crippen molar-refractivity contribution in [1.29, 1.82) is 0 Å². The summed E-state index contributed by atoms with van der Waals surface area (Å²) in [6.45, 7) is 1.78. The third-order valence-corrected chi connectivity index (χ3v) is 6.20. The molecule has 1 saturated heterocycles. The molecule has 0 bridgehead atoms. The van der Waals surface area contributed by atoms with Gasteiger partial charge in [-0.25, -0.2) is 13.8 Å². The summed E-state index contributed by atoms with van der Waals surface area (Å²) in [4.78, 5) is 23.4. The molecule has 1 aromatic carbocycles. The highest BCUT2D eigenvalue weighted by atomic mass is 32.1. The third-order valence-electron chi connectivity index (χ3n) is 5.34. The Morgan fingerprint density at radius 1 is 1.20 bits per heavy atom. The van der Waals surface area contributed by atoms with Crippen molar-refractivity contribution in [2.75, 3.05) is 13.1 Å². The van der Waals surface area contributed by atoms with Crippen LogP contribution in [0.15, 0.2) is 54.2 Å². The molecular weight excluding hydrogens is 406 g/mol. The van der Waals surface area contributed by atoms with Crippen LogP contribution in [0.5, 0.6) is 0 Å². The lowest BCUT2D eigenvalue weighted by atomic mass is 9.90. The van der Waals surface area contributed by atoms with Gasteiger partial charge in [0.2, 0.25) is 0 Å². The number of pyridine rings is 1. The van der Waals surface area contributed by atoms with Crippen LogP contribution < -0.4 is 5.32 Å². The molecule has 2 aromatic heterocycles. The van der Waals surface area contributed by atoms with Crippen LogP contribution in [0.3, 0.4) is 0 Å². The number of benzene rings is 1. The number of amides is 1. The van der Waals surface area contributed by atoms with E-state index < -0.39 is 11.6 Å². The van der Waals surface area contributed by atoms with Crippen molar-refractivity contribution in [3.8, 4) is 0 Å². The van der Waals surface area contributed by atoms with Crippen LogP contribution in [0.2, 0.25) is 0 Å². The van der Waals surface area contributed by atoms with E-state index in [9.17, 15) is 13.6 Å². The number of aromatic nitrogens is 2. The Kier molecular flexibility index (Phi) is 6.44. The zero-order chi connectivity index (χ0) is 20.9. The third kappa shape index (κ3) is 4.71. The SMILES string of the molecule is O=C(N[C@@H](c1nccs1)[C@@H]1CCCN(Cc2cccc(F)c2F)C1)c1ccccn1. The van der Waals surface area contributed by atoms with Crippen LogP contribution in [0.4, 0.5) is 8.78 Å². The van der Waals surface area contributed by atoms with Crippen LogP contribution >= 0.6 is 11.3 Å². The number of carbonyl (C=O) groups is 1. The summed E-state index contributed by atoms with van der Waals surface area (Å²) in [6, 6.07) is 9.22. The standard InChI is InChI=1S/C22H22F2N4OS/c23-17-7-3-5-15(19(17)24)13-28-11-4-6-16(14-28)20(22-26-10-12-30-22)27-21(29)18-8-1-2-9-25-18/h1-3,5,7-10,12,16,20H,4,6,11,13-14H2,(H,27,29)/t16-,20-/m1/s1. The fourth-order valence-electron chi connectivity index (χ4n) is 3.90. The first-order valence-corrected chi connectivity index (χ1v) is 10.8. The molecule has 156 valence electrons. The van der Waals surface area contributed by atoms with Gasteiger partial charge < -0.3 is 5.32 Å². The number of carbonyl (C=O) groups excluding carboxylic acids is 1. The first-order chi connectivity index (χ1) is 14.6. The van der Waals surface area contributed by atoms with E-state index in [2.05, 4.69) is 20.2 Å². The molecule has 0 radical (unpaired) electrons. The molecule has 0 unspecified atom stereocenters. The zero-order valence-corrected chi connectivity index (χ0v) is 17.1. The Hall–Kier alpha value is -2.71. The van der Waals surface area contributed by atoms with Gasteiger partial charge in [0.05, 0.1) is 6.04 Å². The fraction of sp³-hybridized carbons (Fsp3) is 0.318. The number of nitrogens with zero attached hydrogens (tertiary/aromatic N) is 3. The first-order valence-electron chi connectivity index (χ1n) is 9.88. The topological polar surface area (TPSA) is 58.1 Å². The molecular formula is C22H22F2N4OS. The molecule has 0 aliphatic carbocycles. The van der Waals surface area contributed by atoms with E-state index in [1.165, 1.54) is 17.4 Å². The first kappa shape index (κ1) is 20.6. The Balaban J connectivity index is 1.50. The number of likely N-dealkylation sites (tertiary alicyclic amines) is 1. The molecule has 1 aliphatic heterocycles. The highest BCUT2D eigenvalue weighted by molar-refractivity contribution is 7.09. The van der Waals surface area contributed by atoms with Crippen LogP contribution in [-0.4, -0.2) is 33.9 Å². The second-order valence-electron chi connectivity index (χ2n) is 7.39. The van der Waals surface area contributed by atoms with E-state index in [0.717, 1.165) is 30.5 Å². The number of nitrogens with one attached hydrogen (secondary N) is 1. The molecule has 0 saturated carbocycles. The number of hydrogen-bond acceptors (Lipinski definition) is 5. The van der Waals surface area contributed by atoms with Gasteiger partial charge in [0.1, 0.15) is 10.7 Å². The molecule has 5 nitrogen and oxygen atoms in total. The second-order valence-corrected chi connectivity index (χ2v) is 8.31. The van der Waals surface area contributed by atoms with E-state index in [1.54, 1.807) is 36.7 Å². The van der Waals surface area contributed by atoms with Gasteiger partial charge in [-0.1, -0.05) is 18.2 Å². The van der Waals surface area contributed by atoms with Crippen molar-refractivity contribution in [1.82, 2.24) is 20.2 Å². The Labute approximate surface area is 177 Å². The molecule has 4 rings (SSSR count). The maximum Gasteiger partial charge on any atom is 0.270 e. The van der Waals surface area contributed by atoms with Gasteiger partial charge >= 0.3 is 0 Å².